The third-order valence-corrected chi connectivity index (χ3v) is 1.87. The molecule has 0 aliphatic heterocycles. The van der Waals surface area contributed by atoms with Gasteiger partial charge in [-0.2, -0.15) is 0 Å². The van der Waals surface area contributed by atoms with Crippen molar-refractivity contribution in [3.8, 4) is 0 Å². The Bertz CT molecular complexity index is 170. The molecule has 1 amide bonds. The van der Waals surface area contributed by atoms with Crippen molar-refractivity contribution >= 4 is 5.91 Å². The Morgan fingerprint density at radius 3 is 2.36 bits per heavy atom. The van der Waals surface area contributed by atoms with Gasteiger partial charge in [-0.1, -0.05) is 13.8 Å². The number of carbonyl (C=O) groups is 1. The Morgan fingerprint density at radius 1 is 1.36 bits per heavy atom. The second kappa shape index (κ2) is 6.79. The Hall–Kier alpha value is -0.610. The maximum Gasteiger partial charge on any atom is 0.237 e. The monoisotopic (exact) mass is 202 g/mol. The van der Waals surface area contributed by atoms with E-state index < -0.39 is 6.04 Å². The topological polar surface area (TPSA) is 64.3 Å². The van der Waals surface area contributed by atoms with E-state index in [1.807, 2.05) is 27.7 Å². The number of nitrogens with two attached hydrogens (primary N) is 1. The first-order valence-electron chi connectivity index (χ1n) is 5.10. The first-order chi connectivity index (χ1) is 6.45. The minimum Gasteiger partial charge on any atom is -0.377 e. The third-order valence-electron chi connectivity index (χ3n) is 1.87. The summed E-state index contributed by atoms with van der Waals surface area (Å²) in [7, 11) is 0. The van der Waals surface area contributed by atoms with Crippen LogP contribution in [0.25, 0.3) is 0 Å². The van der Waals surface area contributed by atoms with E-state index in [0.29, 0.717) is 13.2 Å². The summed E-state index contributed by atoms with van der Waals surface area (Å²) in [5.41, 5.74) is 5.65. The highest BCUT2D eigenvalue weighted by Crippen LogP contribution is 1.97. The van der Waals surface area contributed by atoms with Gasteiger partial charge in [0.05, 0.1) is 18.8 Å². The second-order valence-corrected chi connectivity index (χ2v) is 3.98. The molecule has 1 unspecified atom stereocenters. The van der Waals surface area contributed by atoms with Crippen LogP contribution in [0, 0.1) is 5.92 Å². The van der Waals surface area contributed by atoms with Gasteiger partial charge in [0, 0.05) is 6.54 Å². The predicted octanol–water partition coefficient (Wildman–Crippen LogP) is 0.511. The average Bonchev–Trinajstić information content (AvgIpc) is 2.10. The maximum absolute atomic E-state index is 11.3. The Kier molecular flexibility index (Phi) is 6.49. The second-order valence-electron chi connectivity index (χ2n) is 3.98. The summed E-state index contributed by atoms with van der Waals surface area (Å²) in [4.78, 5) is 11.3. The van der Waals surface area contributed by atoms with Gasteiger partial charge >= 0.3 is 0 Å². The number of hydrogen-bond donors (Lipinski definition) is 2. The molecule has 0 aromatic rings. The van der Waals surface area contributed by atoms with Crippen molar-refractivity contribution in [2.24, 2.45) is 11.7 Å². The molecular formula is C10H22N2O2. The van der Waals surface area contributed by atoms with Crippen molar-refractivity contribution in [1.29, 1.82) is 0 Å². The number of carbonyl (C=O) groups excluding carboxylic acids is 1. The van der Waals surface area contributed by atoms with E-state index >= 15 is 0 Å². The normalized spacial score (nSPS) is 13.4. The molecule has 0 spiro atoms. The summed E-state index contributed by atoms with van der Waals surface area (Å²) in [6, 6.07) is -0.422. The number of nitrogens with one attached hydrogen (secondary N) is 1. The summed E-state index contributed by atoms with van der Waals surface area (Å²) in [5, 5.41) is 2.73. The summed E-state index contributed by atoms with van der Waals surface area (Å²) in [6.07, 6.45) is 0.200. The van der Waals surface area contributed by atoms with Crippen LogP contribution in [-0.4, -0.2) is 31.2 Å². The number of rotatable bonds is 6. The fraction of sp³-hybridized carbons (Fsp3) is 0.900. The quantitative estimate of drug-likeness (QED) is 0.617. The number of hydrogen-bond acceptors (Lipinski definition) is 3. The smallest absolute Gasteiger partial charge is 0.237 e. The zero-order valence-electron chi connectivity index (χ0n) is 9.54. The van der Waals surface area contributed by atoms with E-state index in [1.165, 1.54) is 0 Å². The zero-order valence-corrected chi connectivity index (χ0v) is 9.54. The number of ether oxygens (including phenoxy) is 1. The van der Waals surface area contributed by atoms with Gasteiger partial charge in [-0.25, -0.2) is 0 Å². The van der Waals surface area contributed by atoms with Gasteiger partial charge in [-0.3, -0.25) is 4.79 Å². The maximum atomic E-state index is 11.3. The summed E-state index contributed by atoms with van der Waals surface area (Å²) in [5.74, 6) is 0.0633. The van der Waals surface area contributed by atoms with Crippen LogP contribution >= 0.6 is 0 Å². The molecule has 0 heterocycles. The summed E-state index contributed by atoms with van der Waals surface area (Å²) < 4.78 is 5.28. The molecule has 84 valence electrons. The highest BCUT2D eigenvalue weighted by Gasteiger charge is 2.15. The molecular weight excluding hydrogens is 180 g/mol. The lowest BCUT2D eigenvalue weighted by Gasteiger charge is -2.15. The Labute approximate surface area is 86.2 Å². The molecule has 0 aromatic carbocycles. The zero-order chi connectivity index (χ0) is 11.1. The summed E-state index contributed by atoms with van der Waals surface area (Å²) in [6.45, 7) is 8.83. The number of amides is 1. The molecule has 0 saturated carbocycles. The molecule has 0 bridgehead atoms. The van der Waals surface area contributed by atoms with E-state index in [2.05, 4.69) is 5.32 Å². The van der Waals surface area contributed by atoms with Crippen molar-refractivity contribution in [2.75, 3.05) is 13.2 Å². The molecule has 0 aromatic heterocycles. The van der Waals surface area contributed by atoms with E-state index in [4.69, 9.17) is 10.5 Å². The van der Waals surface area contributed by atoms with Gasteiger partial charge in [-0.05, 0) is 19.8 Å². The van der Waals surface area contributed by atoms with Crippen LogP contribution in [0.3, 0.4) is 0 Å². The molecule has 4 nitrogen and oxygen atoms in total. The molecule has 4 heteroatoms. The standard InChI is InChI=1S/C10H22N2O2/c1-7(2)9(11)10(13)12-5-6-14-8(3)4/h7-9H,5-6,11H2,1-4H3,(H,12,13). The highest BCUT2D eigenvalue weighted by atomic mass is 16.5. The van der Waals surface area contributed by atoms with Crippen LogP contribution in [-0.2, 0) is 9.53 Å². The Morgan fingerprint density at radius 2 is 1.93 bits per heavy atom. The highest BCUT2D eigenvalue weighted by molar-refractivity contribution is 5.81. The lowest BCUT2D eigenvalue weighted by atomic mass is 10.1. The van der Waals surface area contributed by atoms with Gasteiger partial charge < -0.3 is 15.8 Å². The predicted molar refractivity (Wildman–Crippen MR) is 56.9 cm³/mol. The lowest BCUT2D eigenvalue weighted by molar-refractivity contribution is -0.123. The molecule has 0 aliphatic carbocycles. The first-order valence-corrected chi connectivity index (χ1v) is 5.10. The molecule has 0 radical (unpaired) electrons. The van der Waals surface area contributed by atoms with Gasteiger partial charge in [0.1, 0.15) is 0 Å². The molecule has 0 rings (SSSR count). The van der Waals surface area contributed by atoms with Crippen LogP contribution < -0.4 is 11.1 Å². The fourth-order valence-corrected chi connectivity index (χ4v) is 0.889. The minimum absolute atomic E-state index is 0.104. The average molecular weight is 202 g/mol. The lowest BCUT2D eigenvalue weighted by Crippen LogP contribution is -2.44. The summed E-state index contributed by atoms with van der Waals surface area (Å²) >= 11 is 0. The van der Waals surface area contributed by atoms with Crippen LogP contribution in [0.15, 0.2) is 0 Å². The molecule has 1 atom stereocenters. The van der Waals surface area contributed by atoms with E-state index in [9.17, 15) is 4.79 Å². The van der Waals surface area contributed by atoms with Gasteiger partial charge in [-0.15, -0.1) is 0 Å². The third kappa shape index (κ3) is 5.94. The molecule has 0 saturated heterocycles. The van der Waals surface area contributed by atoms with Gasteiger partial charge in [0.25, 0.3) is 0 Å². The molecule has 14 heavy (non-hydrogen) atoms. The van der Waals surface area contributed by atoms with E-state index in [0.717, 1.165) is 0 Å². The fourth-order valence-electron chi connectivity index (χ4n) is 0.889. The molecule has 0 fully saturated rings. The first kappa shape index (κ1) is 13.4. The SMILES string of the molecule is CC(C)OCCNC(=O)C(N)C(C)C. The van der Waals surface area contributed by atoms with Crippen molar-refractivity contribution < 1.29 is 9.53 Å². The minimum atomic E-state index is -0.422. The van der Waals surface area contributed by atoms with Gasteiger partial charge in [0.15, 0.2) is 0 Å². The largest absolute Gasteiger partial charge is 0.377 e. The van der Waals surface area contributed by atoms with Crippen LogP contribution in [0.5, 0.6) is 0 Å². The Balaban J connectivity index is 3.54. The van der Waals surface area contributed by atoms with Crippen LogP contribution in [0.2, 0.25) is 0 Å². The van der Waals surface area contributed by atoms with E-state index in [-0.39, 0.29) is 17.9 Å². The van der Waals surface area contributed by atoms with Crippen molar-refractivity contribution in [2.45, 2.75) is 39.8 Å². The van der Waals surface area contributed by atoms with Crippen LogP contribution in [0.1, 0.15) is 27.7 Å². The van der Waals surface area contributed by atoms with Crippen molar-refractivity contribution in [3.63, 3.8) is 0 Å². The molecule has 3 N–H and O–H groups in total. The van der Waals surface area contributed by atoms with Crippen molar-refractivity contribution in [3.05, 3.63) is 0 Å². The van der Waals surface area contributed by atoms with E-state index in [1.54, 1.807) is 0 Å². The van der Waals surface area contributed by atoms with Crippen LogP contribution in [0.4, 0.5) is 0 Å². The van der Waals surface area contributed by atoms with Gasteiger partial charge in [0.2, 0.25) is 5.91 Å². The van der Waals surface area contributed by atoms with Crippen molar-refractivity contribution in [1.82, 2.24) is 5.32 Å². The molecule has 0 aliphatic rings.